The smallest absolute Gasteiger partial charge is 0.310 e. The summed E-state index contributed by atoms with van der Waals surface area (Å²) in [5, 5.41) is 8.95. The number of ether oxygens (including phenoxy) is 1. The van der Waals surface area contributed by atoms with Crippen molar-refractivity contribution < 1.29 is 9.53 Å². The van der Waals surface area contributed by atoms with Gasteiger partial charge in [0.1, 0.15) is 0 Å². The van der Waals surface area contributed by atoms with E-state index in [9.17, 15) is 4.79 Å². The maximum absolute atomic E-state index is 11.4. The SMILES string of the molecule is COC(=O)[C@@H]1[C@@H]2CC[C@@H](C2)[C@@H]1C#N. The first-order chi connectivity index (χ1) is 6.27. The van der Waals surface area contributed by atoms with E-state index < -0.39 is 0 Å². The maximum Gasteiger partial charge on any atom is 0.310 e. The van der Waals surface area contributed by atoms with E-state index in [1.54, 1.807) is 0 Å². The molecule has 2 aliphatic rings. The highest BCUT2D eigenvalue weighted by Gasteiger charge is 2.51. The second-order valence-electron chi connectivity index (χ2n) is 4.04. The number of methoxy groups -OCH3 is 1. The third-order valence-corrected chi connectivity index (χ3v) is 3.54. The second kappa shape index (κ2) is 3.02. The lowest BCUT2D eigenvalue weighted by Gasteiger charge is -2.23. The largest absolute Gasteiger partial charge is 0.469 e. The van der Waals surface area contributed by atoms with Crippen LogP contribution in [0.3, 0.4) is 0 Å². The van der Waals surface area contributed by atoms with Gasteiger partial charge in [0, 0.05) is 0 Å². The molecular weight excluding hydrogens is 166 g/mol. The summed E-state index contributed by atoms with van der Waals surface area (Å²) in [5.74, 6) is 0.486. The van der Waals surface area contributed by atoms with E-state index in [1.807, 2.05) is 0 Å². The first-order valence-corrected chi connectivity index (χ1v) is 4.75. The molecule has 3 nitrogen and oxygen atoms in total. The molecule has 4 atom stereocenters. The maximum atomic E-state index is 11.4. The molecule has 0 spiro atoms. The van der Waals surface area contributed by atoms with Crippen molar-refractivity contribution in [3.8, 4) is 6.07 Å². The van der Waals surface area contributed by atoms with E-state index in [4.69, 9.17) is 10.00 Å². The quantitative estimate of drug-likeness (QED) is 0.571. The van der Waals surface area contributed by atoms with Crippen molar-refractivity contribution in [1.82, 2.24) is 0 Å². The Morgan fingerprint density at radius 1 is 1.46 bits per heavy atom. The number of nitrogens with zero attached hydrogens (tertiary/aromatic N) is 1. The molecule has 0 aliphatic heterocycles. The fraction of sp³-hybridized carbons (Fsp3) is 0.800. The average molecular weight is 179 g/mol. The standard InChI is InChI=1S/C10H13NO2/c1-13-10(12)9-7-3-2-6(4-7)8(9)5-11/h6-9H,2-4H2,1H3/t6-,7+,8-,9+/m0/s1. The van der Waals surface area contributed by atoms with Crippen LogP contribution in [0.4, 0.5) is 0 Å². The van der Waals surface area contributed by atoms with Crippen LogP contribution in [-0.2, 0) is 9.53 Å². The highest BCUT2D eigenvalue weighted by molar-refractivity contribution is 5.74. The Morgan fingerprint density at radius 3 is 2.77 bits per heavy atom. The summed E-state index contributed by atoms with van der Waals surface area (Å²) >= 11 is 0. The van der Waals surface area contributed by atoms with Crippen molar-refractivity contribution in [2.45, 2.75) is 19.3 Å². The van der Waals surface area contributed by atoms with Crippen molar-refractivity contribution in [1.29, 1.82) is 5.26 Å². The Morgan fingerprint density at radius 2 is 2.15 bits per heavy atom. The Hall–Kier alpha value is -1.04. The third kappa shape index (κ3) is 1.13. The molecule has 70 valence electrons. The highest BCUT2D eigenvalue weighted by Crippen LogP contribution is 2.52. The van der Waals surface area contributed by atoms with Crippen LogP contribution in [0.15, 0.2) is 0 Å². The first-order valence-electron chi connectivity index (χ1n) is 4.75. The molecule has 0 aromatic heterocycles. The van der Waals surface area contributed by atoms with Crippen molar-refractivity contribution in [2.75, 3.05) is 7.11 Å². The van der Waals surface area contributed by atoms with Crippen LogP contribution >= 0.6 is 0 Å². The van der Waals surface area contributed by atoms with E-state index in [-0.39, 0.29) is 17.8 Å². The summed E-state index contributed by atoms with van der Waals surface area (Å²) in [6, 6.07) is 2.26. The lowest BCUT2D eigenvalue weighted by atomic mass is 9.80. The minimum absolute atomic E-state index is 0.0776. The van der Waals surface area contributed by atoms with Crippen LogP contribution in [0.2, 0.25) is 0 Å². The summed E-state index contributed by atoms with van der Waals surface area (Å²) in [7, 11) is 1.41. The molecule has 2 fully saturated rings. The predicted molar refractivity (Wildman–Crippen MR) is 45.4 cm³/mol. The third-order valence-electron chi connectivity index (χ3n) is 3.54. The predicted octanol–water partition coefficient (Wildman–Crippen LogP) is 1.35. The number of rotatable bonds is 1. The van der Waals surface area contributed by atoms with E-state index in [2.05, 4.69) is 6.07 Å². The molecule has 0 saturated heterocycles. The number of hydrogen-bond acceptors (Lipinski definition) is 3. The zero-order valence-corrected chi connectivity index (χ0v) is 7.69. The molecule has 13 heavy (non-hydrogen) atoms. The topological polar surface area (TPSA) is 50.1 Å². The summed E-state index contributed by atoms with van der Waals surface area (Å²) in [4.78, 5) is 11.4. The monoisotopic (exact) mass is 179 g/mol. The number of hydrogen-bond donors (Lipinski definition) is 0. The van der Waals surface area contributed by atoms with Gasteiger partial charge in [0.05, 0.1) is 25.0 Å². The highest BCUT2D eigenvalue weighted by atomic mass is 16.5. The summed E-state index contributed by atoms with van der Waals surface area (Å²) in [5.41, 5.74) is 0. The molecule has 2 aliphatic carbocycles. The molecule has 0 aromatic carbocycles. The number of esters is 1. The normalized spacial score (nSPS) is 41.5. The zero-order chi connectivity index (χ0) is 9.42. The van der Waals surface area contributed by atoms with Crippen LogP contribution in [0.1, 0.15) is 19.3 Å². The van der Waals surface area contributed by atoms with Gasteiger partial charge in [-0.05, 0) is 31.1 Å². The van der Waals surface area contributed by atoms with Gasteiger partial charge in [-0.2, -0.15) is 5.26 Å². The first kappa shape index (κ1) is 8.55. The summed E-state index contributed by atoms with van der Waals surface area (Å²) in [6.07, 6.45) is 3.27. The Kier molecular flexibility index (Phi) is 1.99. The zero-order valence-electron chi connectivity index (χ0n) is 7.69. The number of carbonyl (C=O) groups is 1. The van der Waals surface area contributed by atoms with Crippen molar-refractivity contribution in [2.24, 2.45) is 23.7 Å². The Balaban J connectivity index is 2.19. The van der Waals surface area contributed by atoms with Gasteiger partial charge in [0.15, 0.2) is 0 Å². The van der Waals surface area contributed by atoms with Gasteiger partial charge in [0.25, 0.3) is 0 Å². The van der Waals surface area contributed by atoms with Gasteiger partial charge in [-0.1, -0.05) is 0 Å². The minimum atomic E-state index is -0.182. The number of fused-ring (bicyclic) bond motifs is 2. The van der Waals surface area contributed by atoms with Gasteiger partial charge in [-0.15, -0.1) is 0 Å². The average Bonchev–Trinajstić information content (AvgIpc) is 2.74. The van der Waals surface area contributed by atoms with Crippen molar-refractivity contribution in [3.63, 3.8) is 0 Å². The van der Waals surface area contributed by atoms with Gasteiger partial charge >= 0.3 is 5.97 Å². The van der Waals surface area contributed by atoms with Crippen LogP contribution in [0, 0.1) is 35.0 Å². The molecule has 0 amide bonds. The van der Waals surface area contributed by atoms with Crippen LogP contribution in [0.25, 0.3) is 0 Å². The van der Waals surface area contributed by atoms with E-state index in [0.29, 0.717) is 11.8 Å². The van der Waals surface area contributed by atoms with E-state index in [0.717, 1.165) is 19.3 Å². The van der Waals surface area contributed by atoms with Crippen LogP contribution in [-0.4, -0.2) is 13.1 Å². The molecule has 0 unspecified atom stereocenters. The summed E-state index contributed by atoms with van der Waals surface area (Å²) in [6.45, 7) is 0. The molecule has 0 N–H and O–H groups in total. The van der Waals surface area contributed by atoms with Crippen LogP contribution in [0.5, 0.6) is 0 Å². The Labute approximate surface area is 77.7 Å². The van der Waals surface area contributed by atoms with E-state index >= 15 is 0 Å². The molecule has 0 heterocycles. The minimum Gasteiger partial charge on any atom is -0.469 e. The fourth-order valence-electron chi connectivity index (χ4n) is 2.95. The van der Waals surface area contributed by atoms with Gasteiger partial charge < -0.3 is 4.74 Å². The molecule has 2 bridgehead atoms. The molecule has 3 heteroatoms. The van der Waals surface area contributed by atoms with E-state index in [1.165, 1.54) is 7.11 Å². The molecule has 2 rings (SSSR count). The number of nitriles is 1. The lowest BCUT2D eigenvalue weighted by molar-refractivity contribution is -0.148. The van der Waals surface area contributed by atoms with Crippen molar-refractivity contribution in [3.05, 3.63) is 0 Å². The lowest BCUT2D eigenvalue weighted by Crippen LogP contribution is -2.29. The van der Waals surface area contributed by atoms with Crippen LogP contribution < -0.4 is 0 Å². The molecular formula is C10H13NO2. The van der Waals surface area contributed by atoms with Crippen molar-refractivity contribution >= 4 is 5.97 Å². The van der Waals surface area contributed by atoms with Gasteiger partial charge in [-0.25, -0.2) is 0 Å². The fourth-order valence-corrected chi connectivity index (χ4v) is 2.95. The molecule has 0 radical (unpaired) electrons. The number of carbonyl (C=O) groups excluding carboxylic acids is 1. The van der Waals surface area contributed by atoms with Gasteiger partial charge in [-0.3, -0.25) is 4.79 Å². The Bertz CT molecular complexity index is 269. The van der Waals surface area contributed by atoms with Gasteiger partial charge in [0.2, 0.25) is 0 Å². The summed E-state index contributed by atoms with van der Waals surface area (Å²) < 4.78 is 4.73. The second-order valence-corrected chi connectivity index (χ2v) is 4.04. The molecule has 0 aromatic rings. The molecule has 2 saturated carbocycles.